The van der Waals surface area contributed by atoms with Gasteiger partial charge in [0.15, 0.2) is 5.69 Å². The third kappa shape index (κ3) is 2.08. The number of carbonyl (C=O) groups excluding carboxylic acids is 1. The predicted molar refractivity (Wildman–Crippen MR) is 79.4 cm³/mol. The molecule has 1 saturated heterocycles. The van der Waals surface area contributed by atoms with Crippen LogP contribution in [-0.2, 0) is 6.42 Å². The van der Waals surface area contributed by atoms with Gasteiger partial charge in [-0.3, -0.25) is 4.79 Å². The Hall–Kier alpha value is -1.73. The van der Waals surface area contributed by atoms with Crippen molar-refractivity contribution in [2.45, 2.75) is 25.4 Å². The number of nitrogens with one attached hydrogen (secondary N) is 1. The van der Waals surface area contributed by atoms with Crippen LogP contribution in [0.25, 0.3) is 0 Å². The summed E-state index contributed by atoms with van der Waals surface area (Å²) in [5.74, 6) is -0.0158. The van der Waals surface area contributed by atoms with Gasteiger partial charge in [0.1, 0.15) is 0 Å². The van der Waals surface area contributed by atoms with Gasteiger partial charge in [-0.2, -0.15) is 0 Å². The van der Waals surface area contributed by atoms with E-state index in [0.29, 0.717) is 11.7 Å². The van der Waals surface area contributed by atoms with Gasteiger partial charge < -0.3 is 10.2 Å². The van der Waals surface area contributed by atoms with E-state index in [1.165, 1.54) is 10.4 Å². The number of hydrogen-bond donors (Lipinski definition) is 1. The molecule has 110 valence electrons. The summed E-state index contributed by atoms with van der Waals surface area (Å²) in [5, 5.41) is 13.5. The maximum absolute atomic E-state index is 12.7. The van der Waals surface area contributed by atoms with Crippen LogP contribution in [0.15, 0.2) is 17.6 Å². The van der Waals surface area contributed by atoms with Gasteiger partial charge in [-0.15, -0.1) is 16.4 Å². The van der Waals surface area contributed by atoms with Crippen LogP contribution in [0.3, 0.4) is 0 Å². The highest BCUT2D eigenvalue weighted by molar-refractivity contribution is 7.10. The lowest BCUT2D eigenvalue weighted by molar-refractivity contribution is 0.0673. The first kappa shape index (κ1) is 13.0. The van der Waals surface area contributed by atoms with Crippen molar-refractivity contribution >= 4 is 17.2 Å². The summed E-state index contributed by atoms with van der Waals surface area (Å²) < 4.78 is 1.80. The van der Waals surface area contributed by atoms with Gasteiger partial charge in [0, 0.05) is 24.5 Å². The number of amides is 1. The maximum atomic E-state index is 12.7. The molecule has 4 heterocycles. The van der Waals surface area contributed by atoms with Crippen molar-refractivity contribution in [3.63, 3.8) is 0 Å². The molecule has 7 heteroatoms. The highest BCUT2D eigenvalue weighted by Crippen LogP contribution is 2.33. The summed E-state index contributed by atoms with van der Waals surface area (Å²) in [5.41, 5.74) is 1.72. The van der Waals surface area contributed by atoms with E-state index in [0.717, 1.165) is 26.1 Å². The lowest BCUT2D eigenvalue weighted by atomic mass is 10.0. The molecule has 1 amide bonds. The van der Waals surface area contributed by atoms with Crippen LogP contribution in [0.1, 0.15) is 39.9 Å². The van der Waals surface area contributed by atoms with Crippen LogP contribution in [-0.4, -0.2) is 45.4 Å². The number of hydrogen-bond acceptors (Lipinski definition) is 5. The topological polar surface area (TPSA) is 63.1 Å². The summed E-state index contributed by atoms with van der Waals surface area (Å²) in [6.07, 6.45) is 2.72. The Morgan fingerprint density at radius 1 is 1.48 bits per heavy atom. The monoisotopic (exact) mass is 303 g/mol. The van der Waals surface area contributed by atoms with Gasteiger partial charge >= 0.3 is 0 Å². The van der Waals surface area contributed by atoms with E-state index in [9.17, 15) is 4.79 Å². The number of rotatable bonds is 2. The van der Waals surface area contributed by atoms with Crippen molar-refractivity contribution in [2.75, 3.05) is 19.6 Å². The summed E-state index contributed by atoms with van der Waals surface area (Å²) in [7, 11) is 0. The van der Waals surface area contributed by atoms with Crippen molar-refractivity contribution < 1.29 is 4.79 Å². The molecule has 0 saturated carbocycles. The number of thiophene rings is 1. The second-order valence-corrected chi connectivity index (χ2v) is 6.62. The SMILES string of the molecule is CC1c2ccsc2CCN1C(=O)c1cn(C2CNC2)nn1. The minimum atomic E-state index is -0.0158. The van der Waals surface area contributed by atoms with Crippen LogP contribution >= 0.6 is 11.3 Å². The number of carbonyl (C=O) groups is 1. The predicted octanol–water partition coefficient (Wildman–Crippen LogP) is 1.24. The van der Waals surface area contributed by atoms with Gasteiger partial charge in [0.25, 0.3) is 5.91 Å². The number of aromatic nitrogens is 3. The molecule has 0 radical (unpaired) electrons. The Bertz CT molecular complexity index is 674. The van der Waals surface area contributed by atoms with Crippen molar-refractivity contribution in [2.24, 2.45) is 0 Å². The van der Waals surface area contributed by atoms with E-state index >= 15 is 0 Å². The molecule has 0 aromatic carbocycles. The average molecular weight is 303 g/mol. The minimum Gasteiger partial charge on any atom is -0.330 e. The molecule has 4 rings (SSSR count). The van der Waals surface area contributed by atoms with Gasteiger partial charge in [-0.1, -0.05) is 5.21 Å². The highest BCUT2D eigenvalue weighted by atomic mass is 32.1. The Morgan fingerprint density at radius 2 is 2.33 bits per heavy atom. The highest BCUT2D eigenvalue weighted by Gasteiger charge is 2.31. The summed E-state index contributed by atoms with van der Waals surface area (Å²) in [4.78, 5) is 16.0. The first-order chi connectivity index (χ1) is 10.2. The fourth-order valence-corrected chi connectivity index (χ4v) is 3.91. The van der Waals surface area contributed by atoms with Crippen LogP contribution in [0.5, 0.6) is 0 Å². The molecule has 1 atom stereocenters. The van der Waals surface area contributed by atoms with Crippen LogP contribution in [0.4, 0.5) is 0 Å². The van der Waals surface area contributed by atoms with Gasteiger partial charge in [-0.25, -0.2) is 4.68 Å². The zero-order valence-corrected chi connectivity index (χ0v) is 12.6. The van der Waals surface area contributed by atoms with E-state index in [1.54, 1.807) is 22.2 Å². The molecule has 0 bridgehead atoms. The van der Waals surface area contributed by atoms with Crippen molar-refractivity contribution in [1.82, 2.24) is 25.2 Å². The van der Waals surface area contributed by atoms with E-state index in [-0.39, 0.29) is 11.9 Å². The zero-order chi connectivity index (χ0) is 14.4. The fourth-order valence-electron chi connectivity index (χ4n) is 2.95. The lowest BCUT2D eigenvalue weighted by Crippen LogP contribution is -2.43. The first-order valence-electron chi connectivity index (χ1n) is 7.24. The smallest absolute Gasteiger partial charge is 0.276 e. The first-order valence-corrected chi connectivity index (χ1v) is 8.12. The summed E-state index contributed by atoms with van der Waals surface area (Å²) in [6, 6.07) is 2.57. The van der Waals surface area contributed by atoms with Crippen LogP contribution < -0.4 is 5.32 Å². The normalized spacial score (nSPS) is 22.0. The molecule has 2 aliphatic heterocycles. The summed E-state index contributed by atoms with van der Waals surface area (Å²) in [6.45, 7) is 4.64. The molecule has 0 spiro atoms. The molecule has 2 aliphatic rings. The molecule has 6 nitrogen and oxygen atoms in total. The third-order valence-electron chi connectivity index (χ3n) is 4.40. The lowest BCUT2D eigenvalue weighted by Gasteiger charge is -2.33. The largest absolute Gasteiger partial charge is 0.330 e. The van der Waals surface area contributed by atoms with Gasteiger partial charge in [-0.05, 0) is 30.4 Å². The fraction of sp³-hybridized carbons (Fsp3) is 0.500. The van der Waals surface area contributed by atoms with Crippen LogP contribution in [0.2, 0.25) is 0 Å². The van der Waals surface area contributed by atoms with Gasteiger partial charge in [0.05, 0.1) is 18.3 Å². The summed E-state index contributed by atoms with van der Waals surface area (Å²) >= 11 is 1.78. The van der Waals surface area contributed by atoms with Crippen molar-refractivity contribution in [3.05, 3.63) is 33.8 Å². The molecule has 21 heavy (non-hydrogen) atoms. The van der Waals surface area contributed by atoms with Crippen molar-refractivity contribution in [3.8, 4) is 0 Å². The molecule has 0 aliphatic carbocycles. The quantitative estimate of drug-likeness (QED) is 0.907. The number of fused-ring (bicyclic) bond motifs is 1. The second kappa shape index (κ2) is 4.92. The Balaban J connectivity index is 1.56. The second-order valence-electron chi connectivity index (χ2n) is 5.62. The minimum absolute atomic E-state index is 0.0158. The number of nitrogens with zero attached hydrogens (tertiary/aromatic N) is 4. The van der Waals surface area contributed by atoms with E-state index in [2.05, 4.69) is 34.0 Å². The Kier molecular flexibility index (Phi) is 3.04. The third-order valence-corrected chi connectivity index (χ3v) is 5.40. The maximum Gasteiger partial charge on any atom is 0.276 e. The molecule has 1 N–H and O–H groups in total. The molecular weight excluding hydrogens is 286 g/mol. The Morgan fingerprint density at radius 3 is 3.10 bits per heavy atom. The van der Waals surface area contributed by atoms with Gasteiger partial charge in [0.2, 0.25) is 0 Å². The zero-order valence-electron chi connectivity index (χ0n) is 11.8. The molecule has 1 fully saturated rings. The van der Waals surface area contributed by atoms with E-state index in [4.69, 9.17) is 0 Å². The van der Waals surface area contributed by atoms with Crippen molar-refractivity contribution in [1.29, 1.82) is 0 Å². The molecule has 2 aromatic rings. The Labute approximate surface area is 126 Å². The molecule has 1 unspecified atom stereocenters. The standard InChI is InChI=1S/C14H17N5OS/c1-9-11-3-5-21-13(11)2-4-18(9)14(20)12-8-19(17-16-12)10-6-15-7-10/h3,5,8-10,15H,2,4,6-7H2,1H3. The van der Waals surface area contributed by atoms with E-state index < -0.39 is 0 Å². The average Bonchev–Trinajstić information content (AvgIpc) is 3.05. The molecular formula is C14H17N5OS. The van der Waals surface area contributed by atoms with Crippen LogP contribution in [0, 0.1) is 0 Å². The molecule has 2 aromatic heterocycles. The van der Waals surface area contributed by atoms with E-state index in [1.807, 2.05) is 4.90 Å².